The summed E-state index contributed by atoms with van der Waals surface area (Å²) in [4.78, 5) is 14.8. The van der Waals surface area contributed by atoms with E-state index < -0.39 is 5.97 Å². The molecule has 0 unspecified atom stereocenters. The van der Waals surface area contributed by atoms with Gasteiger partial charge in [0, 0.05) is 19.6 Å². The van der Waals surface area contributed by atoms with Gasteiger partial charge >= 0.3 is 5.97 Å². The Balaban J connectivity index is 2.63. The molecule has 0 radical (unpaired) electrons. The third-order valence-electron chi connectivity index (χ3n) is 2.92. The van der Waals surface area contributed by atoms with E-state index in [0.29, 0.717) is 13.1 Å². The number of aliphatic carboxylic acids is 1. The predicted octanol–water partition coefficient (Wildman–Crippen LogP) is -0.0786. The molecule has 0 spiro atoms. The Hall–Kier alpha value is -1.54. The first-order valence-corrected chi connectivity index (χ1v) is 6.86. The zero-order valence-corrected chi connectivity index (χ0v) is 12.5. The smallest absolute Gasteiger partial charge is 0.317 e. The molecule has 1 N–H and O–H groups in total. The largest absolute Gasteiger partial charge is 0.480 e. The number of carboxylic acids is 1. The summed E-state index contributed by atoms with van der Waals surface area (Å²) in [5, 5.41) is 20.6. The van der Waals surface area contributed by atoms with E-state index in [4.69, 9.17) is 5.11 Å². The topological polar surface area (TPSA) is 87.4 Å². The summed E-state index contributed by atoms with van der Waals surface area (Å²) in [6.07, 6.45) is 2.08. The van der Waals surface area contributed by atoms with Gasteiger partial charge in [0.15, 0.2) is 5.82 Å². The molecule has 0 aromatic carbocycles. The van der Waals surface area contributed by atoms with E-state index in [1.165, 1.54) is 0 Å². The van der Waals surface area contributed by atoms with Gasteiger partial charge in [-0.05, 0) is 30.9 Å². The molecule has 20 heavy (non-hydrogen) atoms. The van der Waals surface area contributed by atoms with Gasteiger partial charge in [0.1, 0.15) is 0 Å². The number of carbonyl (C=O) groups is 1. The number of unbranched alkanes of at least 4 members (excludes halogenated alkanes) is 1. The lowest BCUT2D eigenvalue weighted by Gasteiger charge is -2.21. The molecule has 0 bridgehead atoms. The number of rotatable bonds is 10. The lowest BCUT2D eigenvalue weighted by Crippen LogP contribution is -2.36. The summed E-state index contributed by atoms with van der Waals surface area (Å²) in [7, 11) is 3.93. The highest BCUT2D eigenvalue weighted by atomic mass is 16.4. The van der Waals surface area contributed by atoms with E-state index >= 15 is 0 Å². The van der Waals surface area contributed by atoms with Crippen LogP contribution in [0.2, 0.25) is 0 Å². The van der Waals surface area contributed by atoms with E-state index in [9.17, 15) is 4.79 Å². The number of carboxylic acid groups (broad SMARTS) is 1. The molecule has 0 aliphatic carbocycles. The number of aryl methyl sites for hydroxylation is 1. The second-order valence-electron chi connectivity index (χ2n) is 5.08. The molecule has 1 rings (SSSR count). The van der Waals surface area contributed by atoms with Crippen LogP contribution in [-0.2, 0) is 17.9 Å². The third-order valence-corrected chi connectivity index (χ3v) is 2.92. The molecular weight excluding hydrogens is 260 g/mol. The molecule has 1 aromatic rings. The molecule has 0 fully saturated rings. The highest BCUT2D eigenvalue weighted by Crippen LogP contribution is 2.02. The SMILES string of the molecule is CCCCn1nnnc1CN(CCN(C)C)CC(=O)O. The molecule has 0 aliphatic rings. The van der Waals surface area contributed by atoms with E-state index in [2.05, 4.69) is 22.4 Å². The van der Waals surface area contributed by atoms with Gasteiger partial charge in [0.05, 0.1) is 13.1 Å². The van der Waals surface area contributed by atoms with Crippen LogP contribution in [0.4, 0.5) is 0 Å². The maximum absolute atomic E-state index is 10.9. The number of aromatic nitrogens is 4. The molecule has 0 saturated carbocycles. The average Bonchev–Trinajstić information content (AvgIpc) is 2.80. The van der Waals surface area contributed by atoms with Gasteiger partial charge in [0.2, 0.25) is 0 Å². The maximum Gasteiger partial charge on any atom is 0.317 e. The standard InChI is InChI=1S/C12H24N6O2/c1-4-5-6-18-11(13-14-15-18)9-17(10-12(19)20)8-7-16(2)3/h4-10H2,1-3H3,(H,19,20). The molecule has 1 aromatic heterocycles. The van der Waals surface area contributed by atoms with Crippen LogP contribution in [0.5, 0.6) is 0 Å². The van der Waals surface area contributed by atoms with Gasteiger partial charge in [-0.25, -0.2) is 4.68 Å². The normalized spacial score (nSPS) is 11.4. The Morgan fingerprint density at radius 1 is 1.35 bits per heavy atom. The van der Waals surface area contributed by atoms with Crippen LogP contribution < -0.4 is 0 Å². The van der Waals surface area contributed by atoms with E-state index in [1.54, 1.807) is 4.68 Å². The summed E-state index contributed by atoms with van der Waals surface area (Å²) >= 11 is 0. The Morgan fingerprint density at radius 2 is 2.10 bits per heavy atom. The van der Waals surface area contributed by atoms with Crippen molar-refractivity contribution in [1.82, 2.24) is 30.0 Å². The zero-order chi connectivity index (χ0) is 15.0. The van der Waals surface area contributed by atoms with Gasteiger partial charge in [-0.2, -0.15) is 0 Å². The molecule has 8 nitrogen and oxygen atoms in total. The number of likely N-dealkylation sites (N-methyl/N-ethyl adjacent to an activating group) is 1. The van der Waals surface area contributed by atoms with Crippen LogP contribution in [0.15, 0.2) is 0 Å². The summed E-state index contributed by atoms with van der Waals surface area (Å²) in [6.45, 7) is 4.79. The van der Waals surface area contributed by atoms with Crippen LogP contribution in [-0.4, -0.2) is 74.8 Å². The summed E-state index contributed by atoms with van der Waals surface area (Å²) in [6, 6.07) is 0. The van der Waals surface area contributed by atoms with Gasteiger partial charge in [-0.15, -0.1) is 5.10 Å². The van der Waals surface area contributed by atoms with Gasteiger partial charge in [0.25, 0.3) is 0 Å². The second kappa shape index (κ2) is 8.60. The minimum Gasteiger partial charge on any atom is -0.480 e. The van der Waals surface area contributed by atoms with Crippen LogP contribution in [0.25, 0.3) is 0 Å². The molecule has 0 amide bonds. The van der Waals surface area contributed by atoms with Gasteiger partial charge < -0.3 is 10.0 Å². The van der Waals surface area contributed by atoms with E-state index in [0.717, 1.165) is 31.8 Å². The Bertz CT molecular complexity index is 406. The fourth-order valence-electron chi connectivity index (χ4n) is 1.76. The van der Waals surface area contributed by atoms with Gasteiger partial charge in [-0.3, -0.25) is 9.69 Å². The first-order chi connectivity index (χ1) is 9.52. The second-order valence-corrected chi connectivity index (χ2v) is 5.08. The molecule has 8 heteroatoms. The monoisotopic (exact) mass is 284 g/mol. The van der Waals surface area contributed by atoms with Crippen molar-refractivity contribution in [3.63, 3.8) is 0 Å². The van der Waals surface area contributed by atoms with Crippen LogP contribution in [0.1, 0.15) is 25.6 Å². The Morgan fingerprint density at radius 3 is 2.70 bits per heavy atom. The van der Waals surface area contributed by atoms with Crippen molar-refractivity contribution < 1.29 is 9.90 Å². The third kappa shape index (κ3) is 6.07. The van der Waals surface area contributed by atoms with Crippen molar-refractivity contribution >= 4 is 5.97 Å². The van der Waals surface area contributed by atoms with Crippen molar-refractivity contribution in [1.29, 1.82) is 0 Å². The molecule has 0 saturated heterocycles. The molecule has 114 valence electrons. The average molecular weight is 284 g/mol. The zero-order valence-electron chi connectivity index (χ0n) is 12.5. The number of hydrogen-bond donors (Lipinski definition) is 1. The van der Waals surface area contributed by atoms with Crippen molar-refractivity contribution in [3.05, 3.63) is 5.82 Å². The van der Waals surface area contributed by atoms with Crippen LogP contribution in [0, 0.1) is 0 Å². The first kappa shape index (κ1) is 16.5. The fourth-order valence-corrected chi connectivity index (χ4v) is 1.76. The highest BCUT2D eigenvalue weighted by Gasteiger charge is 2.15. The van der Waals surface area contributed by atoms with Crippen molar-refractivity contribution in [2.75, 3.05) is 33.7 Å². The number of nitrogens with zero attached hydrogens (tertiary/aromatic N) is 6. The molecular formula is C12H24N6O2. The maximum atomic E-state index is 10.9. The lowest BCUT2D eigenvalue weighted by atomic mass is 10.3. The van der Waals surface area contributed by atoms with Gasteiger partial charge in [-0.1, -0.05) is 13.3 Å². The predicted molar refractivity (Wildman–Crippen MR) is 74.2 cm³/mol. The number of tetrazole rings is 1. The van der Waals surface area contributed by atoms with E-state index in [1.807, 2.05) is 23.9 Å². The lowest BCUT2D eigenvalue weighted by molar-refractivity contribution is -0.138. The Kier molecular flexibility index (Phi) is 7.10. The molecule has 0 atom stereocenters. The molecule has 1 heterocycles. The summed E-state index contributed by atoms with van der Waals surface area (Å²) in [5.41, 5.74) is 0. The van der Waals surface area contributed by atoms with Crippen molar-refractivity contribution in [2.45, 2.75) is 32.9 Å². The Labute approximate surface area is 119 Å². The first-order valence-electron chi connectivity index (χ1n) is 6.86. The molecule has 0 aliphatic heterocycles. The van der Waals surface area contributed by atoms with Crippen molar-refractivity contribution in [2.24, 2.45) is 0 Å². The van der Waals surface area contributed by atoms with E-state index in [-0.39, 0.29) is 6.54 Å². The van der Waals surface area contributed by atoms with Crippen LogP contribution in [0.3, 0.4) is 0 Å². The fraction of sp³-hybridized carbons (Fsp3) is 0.833. The number of hydrogen-bond acceptors (Lipinski definition) is 6. The van der Waals surface area contributed by atoms with Crippen LogP contribution >= 0.6 is 0 Å². The summed E-state index contributed by atoms with van der Waals surface area (Å²) < 4.78 is 1.76. The highest BCUT2D eigenvalue weighted by molar-refractivity contribution is 5.69. The quantitative estimate of drug-likeness (QED) is 0.643. The minimum absolute atomic E-state index is 0.00548. The summed E-state index contributed by atoms with van der Waals surface area (Å²) in [5.74, 6) is -0.116. The van der Waals surface area contributed by atoms with Crippen molar-refractivity contribution in [3.8, 4) is 0 Å². The minimum atomic E-state index is -0.837.